The summed E-state index contributed by atoms with van der Waals surface area (Å²) in [5.41, 5.74) is -0.138. The molecular formula is C22H24F3N3O3S. The van der Waals surface area contributed by atoms with Crippen molar-refractivity contribution in [3.63, 3.8) is 0 Å². The van der Waals surface area contributed by atoms with E-state index in [2.05, 4.69) is 4.98 Å². The van der Waals surface area contributed by atoms with Crippen LogP contribution in [0.5, 0.6) is 0 Å². The molecular weight excluding hydrogens is 443 g/mol. The molecule has 0 radical (unpaired) electrons. The lowest BCUT2D eigenvalue weighted by Gasteiger charge is -2.23. The molecule has 172 valence electrons. The van der Waals surface area contributed by atoms with Crippen molar-refractivity contribution in [1.82, 2.24) is 14.5 Å². The van der Waals surface area contributed by atoms with E-state index in [1.54, 1.807) is 4.57 Å². The van der Waals surface area contributed by atoms with Gasteiger partial charge in [0.25, 0.3) is 0 Å². The maximum absolute atomic E-state index is 13.2. The molecule has 0 unspecified atom stereocenters. The largest absolute Gasteiger partial charge is 0.416 e. The number of alkyl halides is 3. The Morgan fingerprint density at radius 1 is 1.12 bits per heavy atom. The third-order valence-electron chi connectivity index (χ3n) is 6.17. The first kappa shape index (κ1) is 21.5. The number of halogens is 3. The minimum absolute atomic E-state index is 0.00383. The van der Waals surface area contributed by atoms with Crippen molar-refractivity contribution in [2.45, 2.75) is 74.2 Å². The predicted octanol–water partition coefficient (Wildman–Crippen LogP) is 4.11. The number of carbonyl (C=O) groups excluding carboxylic acids is 1. The summed E-state index contributed by atoms with van der Waals surface area (Å²) in [6.45, 7) is 0.322. The van der Waals surface area contributed by atoms with Crippen LogP contribution in [0.4, 0.5) is 13.2 Å². The average Bonchev–Trinajstić information content (AvgIpc) is 3.59. The Morgan fingerprint density at radius 3 is 2.44 bits per heavy atom. The number of benzene rings is 1. The second-order valence-corrected chi connectivity index (χ2v) is 10.9. The van der Waals surface area contributed by atoms with Crippen molar-refractivity contribution < 1.29 is 26.4 Å². The SMILES string of the molecule is O=C(C1CC1)N(Cc1cnc(S(=O)(=O)Cc2cccc(C(F)(F)F)c2)n1C1CC1)C1CC1. The van der Waals surface area contributed by atoms with Gasteiger partial charge in [0.15, 0.2) is 0 Å². The number of carbonyl (C=O) groups is 1. The third kappa shape index (κ3) is 4.42. The minimum atomic E-state index is -4.54. The zero-order chi connectivity index (χ0) is 22.7. The molecule has 5 rings (SSSR count). The lowest BCUT2D eigenvalue weighted by molar-refractivity contribution is -0.137. The molecule has 6 nitrogen and oxygen atoms in total. The number of nitrogens with zero attached hydrogens (tertiary/aromatic N) is 3. The van der Waals surface area contributed by atoms with Crippen LogP contribution in [-0.2, 0) is 33.1 Å². The summed E-state index contributed by atoms with van der Waals surface area (Å²) in [6.07, 6.45) is 2.31. The van der Waals surface area contributed by atoms with Crippen molar-refractivity contribution >= 4 is 15.7 Å². The second-order valence-electron chi connectivity index (χ2n) is 9.06. The van der Waals surface area contributed by atoms with Gasteiger partial charge in [-0.3, -0.25) is 4.79 Å². The number of hydrogen-bond donors (Lipinski definition) is 0. The summed E-state index contributed by atoms with van der Waals surface area (Å²) in [7, 11) is -3.97. The van der Waals surface area contributed by atoms with Gasteiger partial charge in [0, 0.05) is 18.0 Å². The number of amides is 1. The molecule has 0 bridgehead atoms. The van der Waals surface area contributed by atoms with Crippen LogP contribution in [0.1, 0.15) is 61.4 Å². The molecule has 32 heavy (non-hydrogen) atoms. The van der Waals surface area contributed by atoms with E-state index in [9.17, 15) is 26.4 Å². The smallest absolute Gasteiger partial charge is 0.334 e. The van der Waals surface area contributed by atoms with Crippen LogP contribution in [0.3, 0.4) is 0 Å². The fourth-order valence-electron chi connectivity index (χ4n) is 4.08. The quantitative estimate of drug-likeness (QED) is 0.586. The molecule has 10 heteroatoms. The molecule has 3 fully saturated rings. The Kier molecular flexibility index (Phi) is 5.11. The molecule has 1 aromatic carbocycles. The van der Waals surface area contributed by atoms with Crippen molar-refractivity contribution in [3.8, 4) is 0 Å². The van der Waals surface area contributed by atoms with Gasteiger partial charge in [0.1, 0.15) is 0 Å². The number of aromatic nitrogens is 2. The van der Waals surface area contributed by atoms with Gasteiger partial charge >= 0.3 is 6.18 Å². The maximum atomic E-state index is 13.2. The predicted molar refractivity (Wildman–Crippen MR) is 109 cm³/mol. The maximum Gasteiger partial charge on any atom is 0.416 e. The summed E-state index contributed by atoms with van der Waals surface area (Å²) >= 11 is 0. The molecule has 0 atom stereocenters. The van der Waals surface area contributed by atoms with Crippen LogP contribution in [0, 0.1) is 5.92 Å². The Balaban J connectivity index is 1.42. The molecule has 0 N–H and O–H groups in total. The summed E-state index contributed by atoms with van der Waals surface area (Å²) in [4.78, 5) is 18.8. The molecule has 0 spiro atoms. The zero-order valence-electron chi connectivity index (χ0n) is 17.4. The van der Waals surface area contributed by atoms with Crippen LogP contribution in [0.15, 0.2) is 35.6 Å². The summed E-state index contributed by atoms with van der Waals surface area (Å²) < 4.78 is 67.1. The fourth-order valence-corrected chi connectivity index (χ4v) is 5.61. The Bertz CT molecular complexity index is 1150. The summed E-state index contributed by atoms with van der Waals surface area (Å²) in [5.74, 6) is -0.352. The van der Waals surface area contributed by atoms with E-state index >= 15 is 0 Å². The van der Waals surface area contributed by atoms with Crippen LogP contribution >= 0.6 is 0 Å². The fraction of sp³-hybridized carbons (Fsp3) is 0.545. The van der Waals surface area contributed by atoms with Gasteiger partial charge in [-0.25, -0.2) is 13.4 Å². The minimum Gasteiger partial charge on any atom is -0.334 e. The van der Waals surface area contributed by atoms with Gasteiger partial charge in [0.05, 0.1) is 29.8 Å². The second kappa shape index (κ2) is 7.60. The van der Waals surface area contributed by atoms with Gasteiger partial charge in [0.2, 0.25) is 20.9 Å². The molecule has 2 aromatic rings. The van der Waals surface area contributed by atoms with Gasteiger partial charge in [-0.1, -0.05) is 18.2 Å². The topological polar surface area (TPSA) is 72.3 Å². The van der Waals surface area contributed by atoms with Gasteiger partial charge < -0.3 is 9.47 Å². The highest BCUT2D eigenvalue weighted by atomic mass is 32.2. The first-order valence-corrected chi connectivity index (χ1v) is 12.5. The van der Waals surface area contributed by atoms with E-state index in [-0.39, 0.29) is 34.6 Å². The number of imidazole rings is 1. The van der Waals surface area contributed by atoms with Crippen LogP contribution < -0.4 is 0 Å². The van der Waals surface area contributed by atoms with E-state index in [0.717, 1.165) is 50.7 Å². The number of rotatable bonds is 8. The van der Waals surface area contributed by atoms with Crippen molar-refractivity contribution in [2.24, 2.45) is 5.92 Å². The average molecular weight is 468 g/mol. The standard InChI is InChI=1S/C22H24F3N3O3S/c23-22(24,25)16-3-1-2-14(10-16)13-32(30,31)21-26-11-19(28(21)18-8-9-18)12-27(17-6-7-17)20(29)15-4-5-15/h1-3,10-11,15,17-18H,4-9,12-13H2. The number of hydrogen-bond acceptors (Lipinski definition) is 4. The molecule has 3 saturated carbocycles. The zero-order valence-corrected chi connectivity index (χ0v) is 18.2. The Labute approximate surface area is 184 Å². The van der Waals surface area contributed by atoms with E-state index in [0.29, 0.717) is 12.2 Å². The van der Waals surface area contributed by atoms with E-state index in [1.807, 2.05) is 4.90 Å². The van der Waals surface area contributed by atoms with Crippen LogP contribution in [0.2, 0.25) is 0 Å². The molecule has 0 saturated heterocycles. The van der Waals surface area contributed by atoms with Gasteiger partial charge in [-0.15, -0.1) is 0 Å². The normalized spacial score (nSPS) is 19.2. The summed E-state index contributed by atoms with van der Waals surface area (Å²) in [6, 6.07) is 4.58. The molecule has 0 aliphatic heterocycles. The first-order chi connectivity index (χ1) is 15.1. The molecule has 1 amide bonds. The van der Waals surface area contributed by atoms with Crippen LogP contribution in [-0.4, -0.2) is 34.8 Å². The van der Waals surface area contributed by atoms with Gasteiger partial charge in [-0.2, -0.15) is 13.2 Å². The van der Waals surface area contributed by atoms with Crippen molar-refractivity contribution in [2.75, 3.05) is 0 Å². The highest BCUT2D eigenvalue weighted by Crippen LogP contribution is 2.41. The van der Waals surface area contributed by atoms with E-state index < -0.39 is 27.3 Å². The highest BCUT2D eigenvalue weighted by molar-refractivity contribution is 7.90. The molecule has 3 aliphatic rings. The van der Waals surface area contributed by atoms with Gasteiger partial charge in [-0.05, 0) is 50.2 Å². The third-order valence-corrected chi connectivity index (χ3v) is 7.74. The van der Waals surface area contributed by atoms with Crippen molar-refractivity contribution in [3.05, 3.63) is 47.3 Å². The van der Waals surface area contributed by atoms with Crippen molar-refractivity contribution in [1.29, 1.82) is 0 Å². The lowest BCUT2D eigenvalue weighted by atomic mass is 10.1. The Morgan fingerprint density at radius 2 is 1.84 bits per heavy atom. The first-order valence-electron chi connectivity index (χ1n) is 10.9. The molecule has 1 aromatic heterocycles. The highest BCUT2D eigenvalue weighted by Gasteiger charge is 2.41. The number of sulfone groups is 1. The molecule has 1 heterocycles. The summed E-state index contributed by atoms with van der Waals surface area (Å²) in [5, 5.41) is -0.123. The van der Waals surface area contributed by atoms with Crippen LogP contribution in [0.25, 0.3) is 0 Å². The Hall–Kier alpha value is -2.36. The molecule has 3 aliphatic carbocycles. The lowest BCUT2D eigenvalue weighted by Crippen LogP contribution is -2.34. The van der Waals surface area contributed by atoms with E-state index in [1.165, 1.54) is 18.3 Å². The van der Waals surface area contributed by atoms with E-state index in [4.69, 9.17) is 0 Å². The monoisotopic (exact) mass is 467 g/mol.